The van der Waals surface area contributed by atoms with Gasteiger partial charge in [-0.3, -0.25) is 18.9 Å². The summed E-state index contributed by atoms with van der Waals surface area (Å²) in [6.45, 7) is 0. The third-order valence-corrected chi connectivity index (χ3v) is 9.05. The number of sulfonamides is 1. The molecular weight excluding hydrogens is 657 g/mol. The van der Waals surface area contributed by atoms with E-state index in [0.717, 1.165) is 5.69 Å². The molecule has 0 fully saturated rings. The van der Waals surface area contributed by atoms with Gasteiger partial charge in [0.2, 0.25) is 11.8 Å². The summed E-state index contributed by atoms with van der Waals surface area (Å²) in [6.07, 6.45) is 0. The van der Waals surface area contributed by atoms with Gasteiger partial charge in [-0.1, -0.05) is 41.7 Å². The molecule has 0 aliphatic heterocycles. The molecule has 3 aromatic heterocycles. The minimum Gasteiger partial charge on any atom is -0.481 e. The number of nitrogens with two attached hydrogens (primary N) is 1. The fourth-order valence-electron chi connectivity index (χ4n) is 3.87. The lowest BCUT2D eigenvalue weighted by molar-refractivity contribution is -0.113. The van der Waals surface area contributed by atoms with Crippen LogP contribution in [0.4, 0.5) is 17.3 Å². The van der Waals surface area contributed by atoms with Gasteiger partial charge in [0.05, 0.1) is 30.6 Å². The van der Waals surface area contributed by atoms with Crippen LogP contribution in [-0.2, 0) is 20.6 Å². The van der Waals surface area contributed by atoms with Gasteiger partial charge in [-0.25, -0.2) is 13.4 Å². The second-order valence-corrected chi connectivity index (χ2v) is 12.7. The lowest BCUT2D eigenvalue weighted by Crippen LogP contribution is -2.16. The topological polar surface area (TPSA) is 222 Å². The predicted molar refractivity (Wildman–Crippen MR) is 172 cm³/mol. The lowest BCUT2D eigenvalue weighted by Gasteiger charge is -2.11. The Balaban J connectivity index is 1.24. The highest BCUT2D eigenvalue weighted by Gasteiger charge is 2.19. The van der Waals surface area contributed by atoms with E-state index in [-0.39, 0.29) is 45.6 Å². The fourth-order valence-corrected chi connectivity index (χ4v) is 6.43. The molecule has 238 valence electrons. The van der Waals surface area contributed by atoms with E-state index < -0.39 is 10.0 Å². The zero-order chi connectivity index (χ0) is 32.7. The van der Waals surface area contributed by atoms with Gasteiger partial charge in [-0.15, -0.1) is 10.2 Å². The van der Waals surface area contributed by atoms with Gasteiger partial charge < -0.3 is 25.5 Å². The Morgan fingerprint density at radius 2 is 1.74 bits per heavy atom. The van der Waals surface area contributed by atoms with Crippen molar-refractivity contribution in [3.8, 4) is 17.6 Å². The van der Waals surface area contributed by atoms with Crippen molar-refractivity contribution in [1.29, 1.82) is 0 Å². The summed E-state index contributed by atoms with van der Waals surface area (Å²) in [5, 5.41) is 12.1. The highest BCUT2D eigenvalue weighted by atomic mass is 32.2. The molecule has 0 spiro atoms. The first-order valence-corrected chi connectivity index (χ1v) is 16.6. The van der Waals surface area contributed by atoms with Gasteiger partial charge in [-0.2, -0.15) is 9.97 Å². The van der Waals surface area contributed by atoms with Crippen LogP contribution in [0.15, 0.2) is 86.7 Å². The van der Waals surface area contributed by atoms with Gasteiger partial charge in [0, 0.05) is 23.5 Å². The lowest BCUT2D eigenvalue weighted by atomic mass is 10.3. The van der Waals surface area contributed by atoms with Gasteiger partial charge in [0.1, 0.15) is 11.6 Å². The number of aromatic nitrogens is 7. The number of hydrogen-bond acceptors (Lipinski definition) is 14. The molecule has 46 heavy (non-hydrogen) atoms. The van der Waals surface area contributed by atoms with Crippen molar-refractivity contribution in [2.45, 2.75) is 21.0 Å². The van der Waals surface area contributed by atoms with E-state index in [1.54, 1.807) is 0 Å². The van der Waals surface area contributed by atoms with Crippen molar-refractivity contribution in [1.82, 2.24) is 34.7 Å². The highest BCUT2D eigenvalue weighted by Crippen LogP contribution is 2.27. The maximum absolute atomic E-state index is 12.9. The Hall–Kier alpha value is -5.14. The monoisotopic (exact) mass is 682 g/mol. The predicted octanol–water partition coefficient (Wildman–Crippen LogP) is 2.56. The summed E-state index contributed by atoms with van der Waals surface area (Å²) in [6, 6.07) is 17.4. The van der Waals surface area contributed by atoms with E-state index in [4.69, 9.17) is 15.2 Å². The van der Waals surface area contributed by atoms with Crippen LogP contribution in [0.1, 0.15) is 5.82 Å². The summed E-state index contributed by atoms with van der Waals surface area (Å²) < 4.78 is 40.0. The number of anilines is 3. The standard InChI is InChI=1S/C27H26N10O6S3/c1-42-24-13-20(31-25(33-24)43-2)36-46(40,41)18-10-8-16(9-11-18)29-23(39)15-45-27-35-34-21(37(27)17-6-4-3-5-7-17)14-44-26-30-19(28)12-22(38)32-26/h3-13H,14-15H2,1-2H3,(H,29,39)(H,31,33,36)(H3,28,30,32,38). The molecule has 0 bridgehead atoms. The van der Waals surface area contributed by atoms with Crippen LogP contribution < -0.4 is 30.8 Å². The molecule has 0 aliphatic rings. The number of ether oxygens (including phenoxy) is 2. The number of thioether (sulfide) groups is 2. The normalized spacial score (nSPS) is 11.2. The number of benzene rings is 2. The summed E-state index contributed by atoms with van der Waals surface area (Å²) in [7, 11) is -1.30. The van der Waals surface area contributed by atoms with Crippen LogP contribution in [0.2, 0.25) is 0 Å². The van der Waals surface area contributed by atoms with Crippen LogP contribution >= 0.6 is 23.5 Å². The number of amides is 1. The fraction of sp³-hybridized carbons (Fsp3) is 0.148. The molecule has 3 heterocycles. The highest BCUT2D eigenvalue weighted by molar-refractivity contribution is 7.99. The molecule has 0 radical (unpaired) electrons. The third kappa shape index (κ3) is 8.11. The average molecular weight is 683 g/mol. The third-order valence-electron chi connectivity index (χ3n) is 5.89. The molecule has 2 aromatic carbocycles. The Bertz CT molecular complexity index is 1980. The number of aromatic amines is 1. The van der Waals surface area contributed by atoms with Crippen molar-refractivity contribution < 1.29 is 22.7 Å². The summed E-state index contributed by atoms with van der Waals surface area (Å²) in [5.41, 5.74) is 6.50. The summed E-state index contributed by atoms with van der Waals surface area (Å²) >= 11 is 2.40. The van der Waals surface area contributed by atoms with Gasteiger partial charge >= 0.3 is 6.01 Å². The van der Waals surface area contributed by atoms with Crippen molar-refractivity contribution in [2.75, 3.05) is 35.7 Å². The molecule has 0 atom stereocenters. The number of nitrogens with zero attached hydrogens (tertiary/aromatic N) is 6. The quantitative estimate of drug-likeness (QED) is 0.104. The SMILES string of the molecule is COc1cc(NS(=O)(=O)c2ccc(NC(=O)CSc3nnc(CSc4nc(N)cc(=O)[nH]4)n3-c3ccccc3)cc2)nc(OC)n1. The van der Waals surface area contributed by atoms with Crippen LogP contribution in [0.25, 0.3) is 5.69 Å². The second-order valence-electron chi connectivity index (χ2n) is 9.08. The summed E-state index contributed by atoms with van der Waals surface area (Å²) in [5.74, 6) is 0.692. The molecule has 0 saturated heterocycles. The molecule has 0 aliphatic carbocycles. The maximum atomic E-state index is 12.9. The number of methoxy groups -OCH3 is 2. The molecule has 5 N–H and O–H groups in total. The van der Waals surface area contributed by atoms with E-state index >= 15 is 0 Å². The Labute approximate surface area is 270 Å². The number of rotatable bonds is 13. The molecule has 0 saturated carbocycles. The van der Waals surface area contributed by atoms with Crippen molar-refractivity contribution in [3.05, 3.63) is 82.9 Å². The first-order valence-electron chi connectivity index (χ1n) is 13.2. The van der Waals surface area contributed by atoms with E-state index in [1.165, 1.54) is 74.1 Å². The minimum absolute atomic E-state index is 0.0127. The van der Waals surface area contributed by atoms with Crippen LogP contribution in [0, 0.1) is 0 Å². The number of hydrogen-bond donors (Lipinski definition) is 4. The number of carbonyl (C=O) groups excluding carboxylic acids is 1. The Morgan fingerprint density at radius 3 is 2.43 bits per heavy atom. The summed E-state index contributed by atoms with van der Waals surface area (Å²) in [4.78, 5) is 39.2. The van der Waals surface area contributed by atoms with Crippen LogP contribution in [-0.4, -0.2) is 69.0 Å². The number of nitrogen functional groups attached to an aromatic ring is 1. The molecule has 0 unspecified atom stereocenters. The van der Waals surface area contributed by atoms with Crippen LogP contribution in [0.5, 0.6) is 11.9 Å². The first kappa shape index (κ1) is 32.3. The molecular formula is C27H26N10O6S3. The second kappa shape index (κ2) is 14.3. The van der Waals surface area contributed by atoms with Crippen molar-refractivity contribution >= 4 is 56.8 Å². The maximum Gasteiger partial charge on any atom is 0.321 e. The number of para-hydroxylation sites is 1. The number of nitrogens with one attached hydrogen (secondary N) is 3. The zero-order valence-corrected chi connectivity index (χ0v) is 26.6. The van der Waals surface area contributed by atoms with E-state index in [9.17, 15) is 18.0 Å². The first-order chi connectivity index (χ1) is 22.1. The molecule has 19 heteroatoms. The number of H-pyrrole nitrogens is 1. The molecule has 5 rings (SSSR count). The minimum atomic E-state index is -4.03. The van der Waals surface area contributed by atoms with Gasteiger partial charge in [-0.05, 0) is 36.4 Å². The van der Waals surface area contributed by atoms with Crippen molar-refractivity contribution in [2.24, 2.45) is 0 Å². The molecule has 1 amide bonds. The van der Waals surface area contributed by atoms with Gasteiger partial charge in [0.25, 0.3) is 15.6 Å². The largest absolute Gasteiger partial charge is 0.481 e. The van der Waals surface area contributed by atoms with Gasteiger partial charge in [0.15, 0.2) is 16.1 Å². The van der Waals surface area contributed by atoms with Crippen molar-refractivity contribution in [3.63, 3.8) is 0 Å². The zero-order valence-electron chi connectivity index (χ0n) is 24.2. The van der Waals surface area contributed by atoms with Crippen LogP contribution in [0.3, 0.4) is 0 Å². The molecule has 5 aromatic rings. The Morgan fingerprint density at radius 1 is 0.978 bits per heavy atom. The van der Waals surface area contributed by atoms with E-state index in [0.29, 0.717) is 27.6 Å². The molecule has 16 nitrogen and oxygen atoms in total. The van der Waals surface area contributed by atoms with E-state index in [2.05, 4.69) is 40.2 Å². The van der Waals surface area contributed by atoms with E-state index in [1.807, 2.05) is 34.9 Å². The average Bonchev–Trinajstić information content (AvgIpc) is 3.45. The number of carbonyl (C=O) groups is 1. The smallest absolute Gasteiger partial charge is 0.321 e. The Kier molecular flexibility index (Phi) is 10.0.